The van der Waals surface area contributed by atoms with E-state index < -0.39 is 18.0 Å². The van der Waals surface area contributed by atoms with Gasteiger partial charge in [-0.2, -0.15) is 0 Å². The average molecular weight is 601 g/mol. The van der Waals surface area contributed by atoms with Crippen LogP contribution in [0.2, 0.25) is 0 Å². The second kappa shape index (κ2) is 18.0. The van der Waals surface area contributed by atoms with Crippen molar-refractivity contribution in [2.45, 2.75) is 51.0 Å². The van der Waals surface area contributed by atoms with Crippen LogP contribution in [-0.4, -0.2) is 18.5 Å². The lowest BCUT2D eigenvalue weighted by atomic mass is 9.84. The van der Waals surface area contributed by atoms with Gasteiger partial charge in [0.15, 0.2) is 6.10 Å². The van der Waals surface area contributed by atoms with Gasteiger partial charge in [0.05, 0.1) is 11.1 Å². The van der Waals surface area contributed by atoms with Crippen LogP contribution in [0.15, 0.2) is 153 Å². The van der Waals surface area contributed by atoms with Crippen LogP contribution in [0.25, 0.3) is 11.1 Å². The Bertz CT molecular complexity index is 1500. The quantitative estimate of drug-likeness (QED) is 0.0898. The summed E-state index contributed by atoms with van der Waals surface area (Å²) in [5, 5.41) is 0. The highest BCUT2D eigenvalue weighted by Crippen LogP contribution is 2.33. The summed E-state index contributed by atoms with van der Waals surface area (Å²) in [7, 11) is 0. The van der Waals surface area contributed by atoms with E-state index in [1.807, 2.05) is 61.5 Å². The summed E-state index contributed by atoms with van der Waals surface area (Å²) in [6.45, 7) is 19.4. The van der Waals surface area contributed by atoms with E-state index in [2.05, 4.69) is 57.2 Å². The molecule has 1 fully saturated rings. The number of carbonyl (C=O) groups excluding carboxylic acids is 2. The van der Waals surface area contributed by atoms with Crippen molar-refractivity contribution in [2.75, 3.05) is 6.61 Å². The first kappa shape index (κ1) is 34.5. The molecule has 0 N–H and O–H groups in total. The topological polar surface area (TPSA) is 52.6 Å². The van der Waals surface area contributed by atoms with Crippen LogP contribution in [-0.2, 0) is 14.3 Å². The van der Waals surface area contributed by atoms with Gasteiger partial charge in [0.2, 0.25) is 0 Å². The SMILES string of the molecule is C=C.C=C(/C=C\C)C(=C)/C=C\C(=C)C(=O)OCC(OC(=O)c1ccc(-c2ccc(C3CCCCC3)cc2)cc1)c1ccccc1. The molecule has 3 aromatic carbocycles. The minimum atomic E-state index is -0.786. The fourth-order valence-electron chi connectivity index (χ4n) is 5.17. The lowest BCUT2D eigenvalue weighted by Crippen LogP contribution is -2.19. The van der Waals surface area contributed by atoms with E-state index in [-0.39, 0.29) is 12.2 Å². The van der Waals surface area contributed by atoms with Crippen molar-refractivity contribution in [3.8, 4) is 11.1 Å². The smallest absolute Gasteiger partial charge is 0.338 e. The maximum atomic E-state index is 13.2. The summed E-state index contributed by atoms with van der Waals surface area (Å²) in [6.07, 6.45) is 12.6. The Labute approximate surface area is 268 Å². The molecule has 1 aliphatic carbocycles. The van der Waals surface area contributed by atoms with E-state index in [4.69, 9.17) is 9.47 Å². The van der Waals surface area contributed by atoms with E-state index in [0.29, 0.717) is 17.1 Å². The number of hydrogen-bond acceptors (Lipinski definition) is 4. The van der Waals surface area contributed by atoms with Crippen molar-refractivity contribution in [2.24, 2.45) is 0 Å². The number of ether oxygens (including phenoxy) is 2. The maximum absolute atomic E-state index is 13.2. The first-order valence-electron chi connectivity index (χ1n) is 15.4. The molecule has 4 rings (SSSR count). The van der Waals surface area contributed by atoms with Crippen LogP contribution in [0.4, 0.5) is 0 Å². The monoisotopic (exact) mass is 600 g/mol. The van der Waals surface area contributed by atoms with Gasteiger partial charge in [-0.05, 0) is 77.3 Å². The molecular formula is C41H44O4. The minimum absolute atomic E-state index is 0.148. The minimum Gasteiger partial charge on any atom is -0.458 e. The molecule has 0 aliphatic heterocycles. The van der Waals surface area contributed by atoms with Gasteiger partial charge < -0.3 is 9.47 Å². The standard InChI is InChI=1S/C39H40O4.C2H4/c1-5-12-28(2)29(3)17-18-30(4)38(40)42-27-37(35-15-10-7-11-16-35)43-39(41)36-25-23-34(24-26-36)33-21-19-32(20-22-33)31-13-8-6-9-14-31;1-2/h5,7,10-12,15-26,31,37H,2-4,6,8-9,13-14,27H2,1H3;1-2H2/b12-5-,18-17-;. The van der Waals surface area contributed by atoms with Crippen LogP contribution >= 0.6 is 0 Å². The molecule has 1 atom stereocenters. The maximum Gasteiger partial charge on any atom is 0.338 e. The third-order valence-corrected chi connectivity index (χ3v) is 7.76. The molecule has 0 bridgehead atoms. The van der Waals surface area contributed by atoms with E-state index in [9.17, 15) is 9.59 Å². The number of esters is 2. The first-order valence-corrected chi connectivity index (χ1v) is 15.4. The first-order chi connectivity index (χ1) is 21.9. The zero-order valence-electron chi connectivity index (χ0n) is 26.4. The van der Waals surface area contributed by atoms with Crippen LogP contribution < -0.4 is 0 Å². The van der Waals surface area contributed by atoms with Gasteiger partial charge in [-0.15, -0.1) is 13.2 Å². The van der Waals surface area contributed by atoms with Crippen LogP contribution in [0, 0.1) is 0 Å². The highest BCUT2D eigenvalue weighted by molar-refractivity contribution is 5.91. The second-order valence-electron chi connectivity index (χ2n) is 10.8. The molecule has 0 radical (unpaired) electrons. The molecule has 0 aromatic heterocycles. The van der Waals surface area contributed by atoms with Gasteiger partial charge >= 0.3 is 11.9 Å². The van der Waals surface area contributed by atoms with Crippen molar-refractivity contribution < 1.29 is 19.1 Å². The van der Waals surface area contributed by atoms with E-state index >= 15 is 0 Å². The molecule has 232 valence electrons. The summed E-state index contributed by atoms with van der Waals surface area (Å²) in [6, 6.07) is 25.4. The second-order valence-corrected chi connectivity index (χ2v) is 10.8. The number of benzene rings is 3. The molecule has 4 heteroatoms. The Kier molecular flexibility index (Phi) is 13.8. The van der Waals surface area contributed by atoms with Crippen molar-refractivity contribution in [3.63, 3.8) is 0 Å². The number of allylic oxidation sites excluding steroid dienone is 5. The van der Waals surface area contributed by atoms with Crippen molar-refractivity contribution >= 4 is 11.9 Å². The zero-order valence-corrected chi connectivity index (χ0v) is 26.4. The summed E-state index contributed by atoms with van der Waals surface area (Å²) in [4.78, 5) is 25.8. The highest BCUT2D eigenvalue weighted by atomic mass is 16.6. The van der Waals surface area contributed by atoms with E-state index in [0.717, 1.165) is 22.3 Å². The number of rotatable bonds is 12. The molecule has 0 spiro atoms. The fraction of sp³-hybridized carbons (Fsp3) is 0.220. The summed E-state index contributed by atoms with van der Waals surface area (Å²) in [5.41, 5.74) is 6.23. The van der Waals surface area contributed by atoms with Gasteiger partial charge in [-0.3, -0.25) is 0 Å². The molecule has 1 aliphatic rings. The molecule has 0 saturated heterocycles. The molecule has 4 nitrogen and oxygen atoms in total. The molecule has 0 amide bonds. The van der Waals surface area contributed by atoms with Crippen LogP contribution in [0.1, 0.15) is 72.5 Å². The predicted octanol–water partition coefficient (Wildman–Crippen LogP) is 10.4. The Morgan fingerprint density at radius 3 is 1.91 bits per heavy atom. The summed E-state index contributed by atoms with van der Waals surface area (Å²) < 4.78 is 11.3. The van der Waals surface area contributed by atoms with E-state index in [1.54, 1.807) is 18.2 Å². The van der Waals surface area contributed by atoms with Gasteiger partial charge in [-0.1, -0.05) is 124 Å². The fourth-order valence-corrected chi connectivity index (χ4v) is 5.17. The largest absolute Gasteiger partial charge is 0.458 e. The lowest BCUT2D eigenvalue weighted by molar-refractivity contribution is -0.141. The molecule has 1 saturated carbocycles. The molecule has 45 heavy (non-hydrogen) atoms. The average Bonchev–Trinajstić information content (AvgIpc) is 3.10. The summed E-state index contributed by atoms with van der Waals surface area (Å²) >= 11 is 0. The van der Waals surface area contributed by atoms with Crippen molar-refractivity contribution in [1.82, 2.24) is 0 Å². The van der Waals surface area contributed by atoms with Gasteiger partial charge in [0.1, 0.15) is 6.61 Å². The van der Waals surface area contributed by atoms with Crippen molar-refractivity contribution in [1.29, 1.82) is 0 Å². The number of hydrogen-bond donors (Lipinski definition) is 0. The predicted molar refractivity (Wildman–Crippen MR) is 186 cm³/mol. The molecule has 1 unspecified atom stereocenters. The molecule has 0 heterocycles. The van der Waals surface area contributed by atoms with Crippen LogP contribution in [0.5, 0.6) is 0 Å². The normalized spacial score (nSPS) is 13.8. The number of carbonyl (C=O) groups is 2. The Hall–Kier alpha value is -4.96. The third-order valence-electron chi connectivity index (χ3n) is 7.76. The zero-order chi connectivity index (χ0) is 32.6. The van der Waals surface area contributed by atoms with Gasteiger partial charge in [-0.25, -0.2) is 9.59 Å². The highest BCUT2D eigenvalue weighted by Gasteiger charge is 2.21. The summed E-state index contributed by atoms with van der Waals surface area (Å²) in [5.74, 6) is -0.446. The Morgan fingerprint density at radius 1 is 0.756 bits per heavy atom. The van der Waals surface area contributed by atoms with Gasteiger partial charge in [0, 0.05) is 0 Å². The Morgan fingerprint density at radius 2 is 1.31 bits per heavy atom. The third kappa shape index (κ3) is 10.3. The van der Waals surface area contributed by atoms with Crippen LogP contribution in [0.3, 0.4) is 0 Å². The Balaban J connectivity index is 0.00000271. The molecule has 3 aromatic rings. The molecular weight excluding hydrogens is 556 g/mol. The van der Waals surface area contributed by atoms with Gasteiger partial charge in [0.25, 0.3) is 0 Å². The van der Waals surface area contributed by atoms with E-state index in [1.165, 1.54) is 43.7 Å². The van der Waals surface area contributed by atoms with Crippen molar-refractivity contribution in [3.05, 3.63) is 169 Å². The lowest BCUT2D eigenvalue weighted by Gasteiger charge is -2.22.